The van der Waals surface area contributed by atoms with Crippen molar-refractivity contribution in [1.29, 1.82) is 0 Å². The highest BCUT2D eigenvalue weighted by Gasteiger charge is 2.07. The Morgan fingerprint density at radius 3 is 2.81 bits per heavy atom. The minimum atomic E-state index is 0.915. The topological polar surface area (TPSA) is 42.7 Å². The molecular formula is C17H20N4. The minimum absolute atomic E-state index is 0.915. The molecule has 4 heteroatoms. The van der Waals surface area contributed by atoms with Gasteiger partial charge >= 0.3 is 0 Å². The van der Waals surface area contributed by atoms with E-state index in [1.54, 1.807) is 0 Å². The van der Waals surface area contributed by atoms with Gasteiger partial charge in [-0.15, -0.1) is 5.10 Å². The van der Waals surface area contributed by atoms with E-state index < -0.39 is 0 Å². The van der Waals surface area contributed by atoms with E-state index in [4.69, 9.17) is 0 Å². The predicted molar refractivity (Wildman–Crippen MR) is 85.6 cm³/mol. The molecule has 4 nitrogen and oxygen atoms in total. The molecule has 1 heterocycles. The number of hydrogen-bond donors (Lipinski definition) is 1. The maximum absolute atomic E-state index is 4.26. The Labute approximate surface area is 124 Å². The molecule has 0 saturated carbocycles. The predicted octanol–water partition coefficient (Wildman–Crippen LogP) is 3.23. The SMILES string of the molecule is CCCNCc1ccc(-n2nnc3ccccc32)cc1C. The number of hydrogen-bond acceptors (Lipinski definition) is 3. The van der Waals surface area contributed by atoms with Gasteiger partial charge in [-0.1, -0.05) is 30.3 Å². The molecule has 0 bridgehead atoms. The summed E-state index contributed by atoms with van der Waals surface area (Å²) in [5.41, 5.74) is 5.62. The number of fused-ring (bicyclic) bond motifs is 1. The molecule has 0 fully saturated rings. The van der Waals surface area contributed by atoms with Gasteiger partial charge in [0.25, 0.3) is 0 Å². The molecular weight excluding hydrogens is 260 g/mol. The molecule has 0 unspecified atom stereocenters. The molecule has 0 atom stereocenters. The lowest BCUT2D eigenvalue weighted by molar-refractivity contribution is 0.673. The Morgan fingerprint density at radius 2 is 2.00 bits per heavy atom. The monoisotopic (exact) mass is 280 g/mol. The summed E-state index contributed by atoms with van der Waals surface area (Å²) in [7, 11) is 0. The van der Waals surface area contributed by atoms with Crippen LogP contribution in [0, 0.1) is 6.92 Å². The summed E-state index contributed by atoms with van der Waals surface area (Å²) >= 11 is 0. The number of aryl methyl sites for hydroxylation is 1. The molecule has 2 aromatic carbocycles. The van der Waals surface area contributed by atoms with Gasteiger partial charge in [-0.2, -0.15) is 0 Å². The fraction of sp³-hybridized carbons (Fsp3) is 0.294. The highest BCUT2D eigenvalue weighted by molar-refractivity contribution is 5.75. The van der Waals surface area contributed by atoms with Crippen LogP contribution < -0.4 is 5.32 Å². The molecule has 21 heavy (non-hydrogen) atoms. The lowest BCUT2D eigenvalue weighted by atomic mass is 10.1. The van der Waals surface area contributed by atoms with E-state index >= 15 is 0 Å². The number of para-hydroxylation sites is 1. The fourth-order valence-corrected chi connectivity index (χ4v) is 2.47. The van der Waals surface area contributed by atoms with E-state index in [-0.39, 0.29) is 0 Å². The zero-order valence-corrected chi connectivity index (χ0v) is 12.5. The zero-order chi connectivity index (χ0) is 14.7. The first-order valence-electron chi connectivity index (χ1n) is 7.40. The Kier molecular flexibility index (Phi) is 3.97. The normalized spacial score (nSPS) is 11.1. The van der Waals surface area contributed by atoms with E-state index in [1.165, 1.54) is 11.1 Å². The van der Waals surface area contributed by atoms with Gasteiger partial charge in [-0.3, -0.25) is 0 Å². The van der Waals surface area contributed by atoms with Crippen molar-refractivity contribution in [2.24, 2.45) is 0 Å². The van der Waals surface area contributed by atoms with Crippen molar-refractivity contribution in [2.75, 3.05) is 6.54 Å². The summed E-state index contributed by atoms with van der Waals surface area (Å²) < 4.78 is 1.89. The number of benzene rings is 2. The highest BCUT2D eigenvalue weighted by Crippen LogP contribution is 2.18. The first kappa shape index (κ1) is 13.8. The Bertz CT molecular complexity index is 745. The van der Waals surface area contributed by atoms with Crippen LogP contribution in [0.2, 0.25) is 0 Å². The van der Waals surface area contributed by atoms with Crippen molar-refractivity contribution in [2.45, 2.75) is 26.8 Å². The van der Waals surface area contributed by atoms with Gasteiger partial charge in [-0.05, 0) is 55.3 Å². The summed E-state index contributed by atoms with van der Waals surface area (Å²) in [6, 6.07) is 14.5. The van der Waals surface area contributed by atoms with Crippen molar-refractivity contribution in [3.05, 3.63) is 53.6 Å². The van der Waals surface area contributed by atoms with Gasteiger partial charge in [0.15, 0.2) is 0 Å². The lowest BCUT2D eigenvalue weighted by Crippen LogP contribution is -2.14. The van der Waals surface area contributed by atoms with E-state index in [2.05, 4.69) is 47.7 Å². The number of nitrogens with one attached hydrogen (secondary N) is 1. The lowest BCUT2D eigenvalue weighted by Gasteiger charge is -2.09. The molecule has 0 aliphatic heterocycles. The van der Waals surface area contributed by atoms with Crippen molar-refractivity contribution >= 4 is 11.0 Å². The summed E-state index contributed by atoms with van der Waals surface area (Å²) in [6.45, 7) is 6.29. The van der Waals surface area contributed by atoms with E-state index in [9.17, 15) is 0 Å². The van der Waals surface area contributed by atoms with Crippen LogP contribution >= 0.6 is 0 Å². The summed E-state index contributed by atoms with van der Waals surface area (Å²) in [5.74, 6) is 0. The third-order valence-corrected chi connectivity index (χ3v) is 3.66. The second kappa shape index (κ2) is 6.06. The highest BCUT2D eigenvalue weighted by atomic mass is 15.4. The van der Waals surface area contributed by atoms with Crippen molar-refractivity contribution in [3.63, 3.8) is 0 Å². The van der Waals surface area contributed by atoms with Gasteiger partial charge in [0.2, 0.25) is 0 Å². The van der Waals surface area contributed by atoms with Crippen LogP contribution in [0.15, 0.2) is 42.5 Å². The zero-order valence-electron chi connectivity index (χ0n) is 12.5. The summed E-state index contributed by atoms with van der Waals surface area (Å²) in [4.78, 5) is 0. The molecule has 0 aliphatic carbocycles. The molecule has 0 saturated heterocycles. The maximum atomic E-state index is 4.26. The van der Waals surface area contributed by atoms with Crippen LogP contribution in [0.25, 0.3) is 16.7 Å². The largest absolute Gasteiger partial charge is 0.313 e. The summed E-state index contributed by atoms with van der Waals surface area (Å²) in [6.07, 6.45) is 1.15. The molecule has 1 N–H and O–H groups in total. The standard InChI is InChI=1S/C17H20N4/c1-3-10-18-12-14-8-9-15(11-13(14)2)21-17-7-5-4-6-16(17)19-20-21/h4-9,11,18H,3,10,12H2,1-2H3. The van der Waals surface area contributed by atoms with Crippen molar-refractivity contribution in [1.82, 2.24) is 20.3 Å². The third kappa shape index (κ3) is 2.81. The number of aromatic nitrogens is 3. The Hall–Kier alpha value is -2.20. The van der Waals surface area contributed by atoms with Gasteiger partial charge in [0.1, 0.15) is 5.52 Å². The number of rotatable bonds is 5. The van der Waals surface area contributed by atoms with Gasteiger partial charge in [-0.25, -0.2) is 4.68 Å². The smallest absolute Gasteiger partial charge is 0.113 e. The van der Waals surface area contributed by atoms with Crippen LogP contribution in [-0.2, 0) is 6.54 Å². The fourth-order valence-electron chi connectivity index (χ4n) is 2.47. The van der Waals surface area contributed by atoms with Gasteiger partial charge in [0, 0.05) is 6.54 Å². The molecule has 0 aliphatic rings. The van der Waals surface area contributed by atoms with E-state index in [0.29, 0.717) is 0 Å². The second-order valence-electron chi connectivity index (χ2n) is 5.28. The summed E-state index contributed by atoms with van der Waals surface area (Å²) in [5, 5.41) is 11.9. The van der Waals surface area contributed by atoms with E-state index in [0.717, 1.165) is 36.2 Å². The van der Waals surface area contributed by atoms with Crippen LogP contribution in [0.1, 0.15) is 24.5 Å². The molecule has 108 valence electrons. The molecule has 1 aromatic heterocycles. The first-order valence-corrected chi connectivity index (χ1v) is 7.40. The van der Waals surface area contributed by atoms with Gasteiger partial charge in [0.05, 0.1) is 11.2 Å². The van der Waals surface area contributed by atoms with Crippen molar-refractivity contribution in [3.8, 4) is 5.69 Å². The third-order valence-electron chi connectivity index (χ3n) is 3.66. The molecule has 0 amide bonds. The Balaban J connectivity index is 1.91. The average molecular weight is 280 g/mol. The molecule has 0 spiro atoms. The van der Waals surface area contributed by atoms with Gasteiger partial charge < -0.3 is 5.32 Å². The van der Waals surface area contributed by atoms with Crippen LogP contribution in [0.5, 0.6) is 0 Å². The second-order valence-corrected chi connectivity index (χ2v) is 5.28. The molecule has 0 radical (unpaired) electrons. The first-order chi connectivity index (χ1) is 10.3. The van der Waals surface area contributed by atoms with Crippen LogP contribution in [0.3, 0.4) is 0 Å². The Morgan fingerprint density at radius 1 is 1.14 bits per heavy atom. The minimum Gasteiger partial charge on any atom is -0.313 e. The van der Waals surface area contributed by atoms with Crippen LogP contribution in [-0.4, -0.2) is 21.5 Å². The van der Waals surface area contributed by atoms with E-state index in [1.807, 2.05) is 28.9 Å². The maximum Gasteiger partial charge on any atom is 0.113 e. The average Bonchev–Trinajstić information content (AvgIpc) is 2.93. The molecule has 3 aromatic rings. The number of nitrogens with zero attached hydrogens (tertiary/aromatic N) is 3. The molecule has 3 rings (SSSR count). The van der Waals surface area contributed by atoms with Crippen LogP contribution in [0.4, 0.5) is 0 Å². The quantitative estimate of drug-likeness (QED) is 0.730. The van der Waals surface area contributed by atoms with Crippen molar-refractivity contribution < 1.29 is 0 Å².